The molecule has 8 heteroatoms. The lowest BCUT2D eigenvalue weighted by Gasteiger charge is -2.30. The molecule has 1 atom stereocenters. The van der Waals surface area contributed by atoms with Crippen LogP contribution in [0, 0.1) is 6.92 Å². The Balaban J connectivity index is 1.60. The second-order valence-corrected chi connectivity index (χ2v) is 7.50. The third-order valence-electron chi connectivity index (χ3n) is 5.78. The van der Waals surface area contributed by atoms with Crippen LogP contribution >= 0.6 is 0 Å². The molecule has 1 aromatic rings. The normalized spacial score (nSPS) is 23.8. The van der Waals surface area contributed by atoms with Crippen LogP contribution in [0.4, 0.5) is 10.7 Å². The number of aromatic nitrogens is 2. The van der Waals surface area contributed by atoms with Gasteiger partial charge in [-0.2, -0.15) is 0 Å². The molecule has 0 radical (unpaired) electrons. The largest absolute Gasteiger partial charge is 0.401 e. The van der Waals surface area contributed by atoms with Crippen molar-refractivity contribution in [3.8, 4) is 0 Å². The van der Waals surface area contributed by atoms with Crippen LogP contribution in [0.1, 0.15) is 37.4 Å². The molecule has 2 saturated heterocycles. The zero-order chi connectivity index (χ0) is 18.4. The fraction of sp³-hybridized carbons (Fsp3) is 0.667. The topological polar surface area (TPSA) is 65.0 Å². The van der Waals surface area contributed by atoms with Crippen molar-refractivity contribution in [3.05, 3.63) is 11.9 Å². The zero-order valence-corrected chi connectivity index (χ0v) is 15.8. The van der Waals surface area contributed by atoms with Crippen molar-refractivity contribution in [2.45, 2.75) is 45.2 Å². The first-order valence-corrected chi connectivity index (χ1v) is 9.46. The highest BCUT2D eigenvalue weighted by molar-refractivity contribution is 6.18. The van der Waals surface area contributed by atoms with Gasteiger partial charge >= 0.3 is 12.0 Å². The molecule has 4 rings (SSSR count). The average molecular weight is 359 g/mol. The summed E-state index contributed by atoms with van der Waals surface area (Å²) in [5.74, 6) is 1.07. The van der Waals surface area contributed by atoms with Gasteiger partial charge in [0, 0.05) is 20.6 Å². The van der Waals surface area contributed by atoms with Crippen molar-refractivity contribution in [3.63, 3.8) is 0 Å². The first kappa shape index (κ1) is 17.2. The number of urea groups is 1. The van der Waals surface area contributed by atoms with Crippen molar-refractivity contribution < 1.29 is 14.2 Å². The summed E-state index contributed by atoms with van der Waals surface area (Å²) in [4.78, 5) is 34.7. The van der Waals surface area contributed by atoms with Crippen LogP contribution in [-0.4, -0.2) is 70.8 Å². The van der Waals surface area contributed by atoms with E-state index in [9.17, 15) is 9.59 Å². The number of nitrogens with zero attached hydrogens (tertiary/aromatic N) is 6. The van der Waals surface area contributed by atoms with Crippen molar-refractivity contribution in [2.24, 2.45) is 4.99 Å². The number of imidazole rings is 1. The highest BCUT2D eigenvalue weighted by Crippen LogP contribution is 2.28. The minimum absolute atomic E-state index is 0.222. The second kappa shape index (κ2) is 6.50. The van der Waals surface area contributed by atoms with Crippen LogP contribution in [-0.2, 0) is 11.3 Å². The van der Waals surface area contributed by atoms with Gasteiger partial charge in [-0.3, -0.25) is 14.6 Å². The van der Waals surface area contributed by atoms with E-state index in [0.717, 1.165) is 37.8 Å². The molecule has 0 saturated carbocycles. The van der Waals surface area contributed by atoms with Crippen LogP contribution in [0.15, 0.2) is 11.2 Å². The van der Waals surface area contributed by atoms with E-state index in [1.807, 2.05) is 10.8 Å². The summed E-state index contributed by atoms with van der Waals surface area (Å²) in [5.41, 5.74) is 1.09. The number of hydrogen-bond donors (Lipinski definition) is 0. The SMILES string of the molecule is Cc1c[n+]2c(n1CCN1CCCCCC1)N=C1C2C(=O)N(C)C(=O)N1C. The number of rotatable bonds is 3. The van der Waals surface area contributed by atoms with Gasteiger partial charge in [0.2, 0.25) is 11.9 Å². The minimum Gasteiger partial charge on any atom is -0.300 e. The second-order valence-electron chi connectivity index (χ2n) is 7.50. The average Bonchev–Trinajstić information content (AvgIpc) is 2.99. The Labute approximate surface area is 153 Å². The molecule has 26 heavy (non-hydrogen) atoms. The summed E-state index contributed by atoms with van der Waals surface area (Å²) in [6.07, 6.45) is 7.19. The maximum Gasteiger partial charge on any atom is 0.401 e. The lowest BCUT2D eigenvalue weighted by atomic mass is 10.2. The highest BCUT2D eigenvalue weighted by atomic mass is 16.2. The summed E-state index contributed by atoms with van der Waals surface area (Å²) >= 11 is 0. The summed E-state index contributed by atoms with van der Waals surface area (Å²) in [6.45, 7) is 6.20. The molecule has 8 nitrogen and oxygen atoms in total. The summed E-state index contributed by atoms with van der Waals surface area (Å²) < 4.78 is 4.08. The van der Waals surface area contributed by atoms with Crippen molar-refractivity contribution in [1.82, 2.24) is 19.3 Å². The summed E-state index contributed by atoms with van der Waals surface area (Å²) in [6, 6.07) is -0.862. The van der Waals surface area contributed by atoms with Crippen LogP contribution in [0.5, 0.6) is 0 Å². The third kappa shape index (κ3) is 2.63. The standard InChI is InChI=1S/C18H27N6O2/c1-13-12-24-14-15(20(2)18(26)21(3)16(14)25)19-17(24)23(13)11-10-22-8-6-4-5-7-9-22/h12,14H,4-11H2,1-3H3/q+1. The Morgan fingerprint density at radius 3 is 2.46 bits per heavy atom. The molecule has 0 aromatic carbocycles. The monoisotopic (exact) mass is 359 g/mol. The molecule has 2 fully saturated rings. The molecule has 3 aliphatic rings. The third-order valence-corrected chi connectivity index (χ3v) is 5.78. The van der Waals surface area contributed by atoms with E-state index >= 15 is 0 Å². The van der Waals surface area contributed by atoms with E-state index in [-0.39, 0.29) is 11.9 Å². The van der Waals surface area contributed by atoms with E-state index in [1.54, 1.807) is 7.05 Å². The van der Waals surface area contributed by atoms with Crippen molar-refractivity contribution in [1.29, 1.82) is 0 Å². The molecule has 0 spiro atoms. The molecule has 1 unspecified atom stereocenters. The van der Waals surface area contributed by atoms with Gasteiger partial charge in [0.05, 0.1) is 6.54 Å². The van der Waals surface area contributed by atoms with Gasteiger partial charge in [-0.1, -0.05) is 17.8 Å². The van der Waals surface area contributed by atoms with Gasteiger partial charge in [-0.25, -0.2) is 13.9 Å². The van der Waals surface area contributed by atoms with E-state index in [0.29, 0.717) is 5.84 Å². The number of likely N-dealkylation sites (tertiary alicyclic amines) is 1. The van der Waals surface area contributed by atoms with E-state index in [1.165, 1.54) is 42.5 Å². The molecule has 0 aliphatic carbocycles. The maximum absolute atomic E-state index is 12.6. The molecule has 3 aliphatic heterocycles. The molecule has 4 heterocycles. The predicted molar refractivity (Wildman–Crippen MR) is 96.3 cm³/mol. The van der Waals surface area contributed by atoms with Gasteiger partial charge in [-0.15, -0.1) is 0 Å². The van der Waals surface area contributed by atoms with Crippen LogP contribution in [0.2, 0.25) is 0 Å². The smallest absolute Gasteiger partial charge is 0.300 e. The molecular formula is C18H27N6O2+. The van der Waals surface area contributed by atoms with Crippen molar-refractivity contribution in [2.75, 3.05) is 33.7 Å². The quantitative estimate of drug-likeness (QED) is 0.759. The van der Waals surface area contributed by atoms with E-state index in [2.05, 4.69) is 21.4 Å². The number of imide groups is 1. The Morgan fingerprint density at radius 1 is 1.08 bits per heavy atom. The molecule has 1 aromatic heterocycles. The lowest BCUT2D eigenvalue weighted by molar-refractivity contribution is -0.677. The van der Waals surface area contributed by atoms with Crippen LogP contribution in [0.25, 0.3) is 0 Å². The number of hydrogen-bond acceptors (Lipinski definition) is 4. The maximum atomic E-state index is 12.6. The Hall–Kier alpha value is -2.22. The number of aryl methyl sites for hydroxylation is 1. The van der Waals surface area contributed by atoms with Gasteiger partial charge in [0.1, 0.15) is 11.9 Å². The number of carbonyl (C=O) groups excluding carboxylic acids is 2. The molecule has 140 valence electrons. The van der Waals surface area contributed by atoms with Gasteiger partial charge in [0.25, 0.3) is 5.91 Å². The van der Waals surface area contributed by atoms with Gasteiger partial charge < -0.3 is 4.90 Å². The van der Waals surface area contributed by atoms with Crippen LogP contribution in [0.3, 0.4) is 0 Å². The lowest BCUT2D eigenvalue weighted by Crippen LogP contribution is -2.61. The van der Waals surface area contributed by atoms with E-state index in [4.69, 9.17) is 0 Å². The first-order chi connectivity index (χ1) is 12.5. The number of aliphatic imine (C=N–C) groups is 1. The molecule has 0 bridgehead atoms. The predicted octanol–water partition coefficient (Wildman–Crippen LogP) is 1.07. The van der Waals surface area contributed by atoms with Gasteiger partial charge in [-0.05, 0) is 32.9 Å². The molecular weight excluding hydrogens is 332 g/mol. The number of amidine groups is 1. The highest BCUT2D eigenvalue weighted by Gasteiger charge is 2.52. The Morgan fingerprint density at radius 2 is 1.77 bits per heavy atom. The fourth-order valence-electron chi connectivity index (χ4n) is 4.19. The number of fused-ring (bicyclic) bond motifs is 3. The first-order valence-electron chi connectivity index (χ1n) is 9.46. The summed E-state index contributed by atoms with van der Waals surface area (Å²) in [7, 11) is 3.21. The number of likely N-dealkylation sites (N-methyl/N-ethyl adjacent to an activating group) is 2. The molecule has 0 N–H and O–H groups in total. The fourth-order valence-corrected chi connectivity index (χ4v) is 4.19. The van der Waals surface area contributed by atoms with Gasteiger partial charge in [0.15, 0.2) is 0 Å². The number of carbonyl (C=O) groups is 2. The number of amides is 3. The van der Waals surface area contributed by atoms with Crippen LogP contribution < -0.4 is 4.57 Å². The van der Waals surface area contributed by atoms with Crippen molar-refractivity contribution >= 4 is 23.7 Å². The summed E-state index contributed by atoms with van der Waals surface area (Å²) in [5, 5.41) is 0. The zero-order valence-electron chi connectivity index (χ0n) is 15.8. The van der Waals surface area contributed by atoms with E-state index < -0.39 is 6.04 Å². The Bertz CT molecular complexity index is 775. The molecule has 3 amide bonds. The minimum atomic E-state index is -0.532. The Kier molecular flexibility index (Phi) is 4.30.